The summed E-state index contributed by atoms with van der Waals surface area (Å²) in [6, 6.07) is 14.7. The largest absolute Gasteiger partial charge is 0.423 e. The van der Waals surface area contributed by atoms with E-state index in [0.717, 1.165) is 24.2 Å². The van der Waals surface area contributed by atoms with Crippen LogP contribution >= 0.6 is 0 Å². The van der Waals surface area contributed by atoms with Crippen LogP contribution in [0.2, 0.25) is 0 Å². The van der Waals surface area contributed by atoms with Gasteiger partial charge in [0.15, 0.2) is 5.58 Å². The summed E-state index contributed by atoms with van der Waals surface area (Å²) in [5.74, 6) is 0. The molecule has 4 nitrogen and oxygen atoms in total. The van der Waals surface area contributed by atoms with Crippen LogP contribution in [0.1, 0.15) is 11.1 Å². The molecule has 0 spiro atoms. The highest BCUT2D eigenvalue weighted by atomic mass is 16.4. The fourth-order valence-corrected chi connectivity index (χ4v) is 2.56. The van der Waals surface area contributed by atoms with Crippen molar-refractivity contribution in [3.05, 3.63) is 53.6 Å². The molecule has 0 fully saturated rings. The lowest BCUT2D eigenvalue weighted by molar-refractivity contribution is 0.573. The van der Waals surface area contributed by atoms with Crippen molar-refractivity contribution in [1.29, 1.82) is 0 Å². The first-order valence-electron chi connectivity index (χ1n) is 6.28. The highest BCUT2D eigenvalue weighted by Gasteiger charge is 2.22. The molecule has 0 aliphatic carbocycles. The fraction of sp³-hybridized carbons (Fsp3) is 0.133. The maximum absolute atomic E-state index is 5.91. The molecule has 0 saturated carbocycles. The second kappa shape index (κ2) is 3.75. The topological polar surface area (TPSA) is 55.3 Å². The number of hydrogen-bond donors (Lipinski definition) is 1. The molecule has 2 aromatic carbocycles. The van der Waals surface area contributed by atoms with E-state index >= 15 is 0 Å². The Kier molecular flexibility index (Phi) is 2.06. The number of para-hydroxylation sites is 1. The van der Waals surface area contributed by atoms with E-state index in [4.69, 9.17) is 10.2 Å². The van der Waals surface area contributed by atoms with Crippen LogP contribution in [-0.4, -0.2) is 4.98 Å². The maximum Gasteiger partial charge on any atom is 0.299 e. The summed E-state index contributed by atoms with van der Waals surface area (Å²) in [6.07, 6.45) is 0. The number of fused-ring (bicyclic) bond motifs is 2. The van der Waals surface area contributed by atoms with Gasteiger partial charge in [-0.3, -0.25) is 0 Å². The van der Waals surface area contributed by atoms with Crippen molar-refractivity contribution < 1.29 is 4.42 Å². The molecule has 94 valence electrons. The van der Waals surface area contributed by atoms with Gasteiger partial charge in [-0.15, -0.1) is 0 Å². The first-order chi connectivity index (χ1) is 9.31. The van der Waals surface area contributed by atoms with Crippen LogP contribution in [-0.2, 0) is 13.1 Å². The van der Waals surface area contributed by atoms with Gasteiger partial charge in [0.2, 0.25) is 0 Å². The van der Waals surface area contributed by atoms with Gasteiger partial charge in [0.25, 0.3) is 6.01 Å². The van der Waals surface area contributed by atoms with Gasteiger partial charge in [-0.05, 0) is 23.3 Å². The van der Waals surface area contributed by atoms with Crippen LogP contribution < -0.4 is 10.6 Å². The van der Waals surface area contributed by atoms with Crippen LogP contribution in [0, 0.1) is 0 Å². The van der Waals surface area contributed by atoms with Crippen molar-refractivity contribution in [2.75, 3.05) is 10.6 Å². The van der Waals surface area contributed by atoms with Crippen molar-refractivity contribution in [2.24, 2.45) is 0 Å². The van der Waals surface area contributed by atoms with E-state index in [1.54, 1.807) is 0 Å². The number of rotatable bonds is 1. The van der Waals surface area contributed by atoms with Crippen LogP contribution in [0.4, 0.5) is 11.7 Å². The molecular formula is C15H13N3O. The number of hydrogen-bond acceptors (Lipinski definition) is 4. The highest BCUT2D eigenvalue weighted by molar-refractivity contribution is 5.86. The van der Waals surface area contributed by atoms with Crippen molar-refractivity contribution in [2.45, 2.75) is 13.1 Å². The molecule has 1 aromatic heterocycles. The van der Waals surface area contributed by atoms with E-state index in [1.807, 2.05) is 18.2 Å². The zero-order valence-corrected chi connectivity index (χ0v) is 10.3. The van der Waals surface area contributed by atoms with E-state index in [9.17, 15) is 0 Å². The van der Waals surface area contributed by atoms with Crippen LogP contribution in [0.15, 0.2) is 46.9 Å². The van der Waals surface area contributed by atoms with Gasteiger partial charge in [0, 0.05) is 13.1 Å². The predicted octanol–water partition coefficient (Wildman–Crippen LogP) is 2.93. The van der Waals surface area contributed by atoms with Crippen LogP contribution in [0.5, 0.6) is 0 Å². The molecule has 4 rings (SSSR count). The van der Waals surface area contributed by atoms with Crippen molar-refractivity contribution in [3.63, 3.8) is 0 Å². The Labute approximate surface area is 110 Å². The second-order valence-electron chi connectivity index (χ2n) is 4.82. The summed E-state index contributed by atoms with van der Waals surface area (Å²) in [4.78, 5) is 6.64. The minimum Gasteiger partial charge on any atom is -0.423 e. The van der Waals surface area contributed by atoms with Gasteiger partial charge in [-0.25, -0.2) is 0 Å². The SMILES string of the molecule is Nc1cccc2oc(N3Cc4ccccc4C3)nc12. The number of nitrogen functional groups attached to an aromatic ring is 1. The van der Waals surface area contributed by atoms with Gasteiger partial charge in [0.05, 0.1) is 5.69 Å². The average Bonchev–Trinajstić information content (AvgIpc) is 3.02. The normalized spacial score (nSPS) is 14.0. The Bertz CT molecular complexity index is 738. The molecule has 1 aliphatic rings. The Morgan fingerprint density at radius 3 is 2.42 bits per heavy atom. The maximum atomic E-state index is 5.91. The fourth-order valence-electron chi connectivity index (χ4n) is 2.56. The zero-order valence-electron chi connectivity index (χ0n) is 10.3. The number of nitrogens with two attached hydrogens (primary N) is 1. The molecule has 0 atom stereocenters. The minimum absolute atomic E-state index is 0.643. The summed E-state index contributed by atoms with van der Waals surface area (Å²) < 4.78 is 5.80. The van der Waals surface area contributed by atoms with Gasteiger partial charge < -0.3 is 15.1 Å². The molecule has 0 saturated heterocycles. The molecule has 3 aromatic rings. The molecule has 19 heavy (non-hydrogen) atoms. The average molecular weight is 251 g/mol. The predicted molar refractivity (Wildman–Crippen MR) is 74.8 cm³/mol. The molecule has 0 radical (unpaired) electrons. The van der Waals surface area contributed by atoms with Crippen molar-refractivity contribution in [3.8, 4) is 0 Å². The molecule has 4 heteroatoms. The standard InChI is InChI=1S/C15H13N3O/c16-12-6-3-7-13-14(12)17-15(19-13)18-8-10-4-1-2-5-11(10)9-18/h1-7H,8-9,16H2. The monoisotopic (exact) mass is 251 g/mol. The van der Waals surface area contributed by atoms with Crippen molar-refractivity contribution in [1.82, 2.24) is 4.98 Å². The third kappa shape index (κ3) is 1.57. The van der Waals surface area contributed by atoms with Gasteiger partial charge in [-0.1, -0.05) is 30.3 Å². The second-order valence-corrected chi connectivity index (χ2v) is 4.82. The lowest BCUT2D eigenvalue weighted by Gasteiger charge is -2.10. The zero-order chi connectivity index (χ0) is 12.8. The summed E-state index contributed by atoms with van der Waals surface area (Å²) in [5, 5.41) is 0. The molecule has 1 aliphatic heterocycles. The number of anilines is 2. The first kappa shape index (κ1) is 10.4. The Hall–Kier alpha value is -2.49. The Balaban J connectivity index is 1.75. The van der Waals surface area contributed by atoms with E-state index in [-0.39, 0.29) is 0 Å². The summed E-state index contributed by atoms with van der Waals surface area (Å²) in [5.41, 5.74) is 10.7. The Morgan fingerprint density at radius 1 is 1.00 bits per heavy atom. The molecule has 2 heterocycles. The smallest absolute Gasteiger partial charge is 0.299 e. The lowest BCUT2D eigenvalue weighted by Crippen LogP contribution is -2.14. The van der Waals surface area contributed by atoms with Crippen LogP contribution in [0.25, 0.3) is 11.1 Å². The summed E-state index contributed by atoms with van der Waals surface area (Å²) in [7, 11) is 0. The van der Waals surface area contributed by atoms with E-state index in [1.165, 1.54) is 11.1 Å². The van der Waals surface area contributed by atoms with E-state index < -0.39 is 0 Å². The molecule has 0 unspecified atom stereocenters. The number of nitrogens with zero attached hydrogens (tertiary/aromatic N) is 2. The van der Waals surface area contributed by atoms with E-state index in [2.05, 4.69) is 34.1 Å². The number of benzene rings is 2. The minimum atomic E-state index is 0.643. The summed E-state index contributed by atoms with van der Waals surface area (Å²) in [6.45, 7) is 1.67. The third-order valence-corrected chi connectivity index (χ3v) is 3.55. The molecule has 2 N–H and O–H groups in total. The third-order valence-electron chi connectivity index (χ3n) is 3.55. The van der Waals surface area contributed by atoms with Crippen LogP contribution in [0.3, 0.4) is 0 Å². The molecule has 0 bridgehead atoms. The summed E-state index contributed by atoms with van der Waals surface area (Å²) >= 11 is 0. The van der Waals surface area contributed by atoms with Gasteiger partial charge >= 0.3 is 0 Å². The van der Waals surface area contributed by atoms with Crippen molar-refractivity contribution >= 4 is 22.8 Å². The first-order valence-corrected chi connectivity index (χ1v) is 6.28. The van der Waals surface area contributed by atoms with E-state index in [0.29, 0.717) is 11.7 Å². The van der Waals surface area contributed by atoms with Gasteiger partial charge in [0.1, 0.15) is 5.52 Å². The Morgan fingerprint density at radius 2 is 1.74 bits per heavy atom. The highest BCUT2D eigenvalue weighted by Crippen LogP contribution is 2.31. The lowest BCUT2D eigenvalue weighted by atomic mass is 10.1. The molecule has 0 amide bonds. The number of aromatic nitrogens is 1. The quantitative estimate of drug-likeness (QED) is 0.676. The molecular weight excluding hydrogens is 238 g/mol. The van der Waals surface area contributed by atoms with Gasteiger partial charge in [-0.2, -0.15) is 4.98 Å². The number of oxazole rings is 1.